The number of hydrogen-bond acceptors (Lipinski definition) is 5. The second kappa shape index (κ2) is 9.29. The molecule has 1 N–H and O–H groups in total. The summed E-state index contributed by atoms with van der Waals surface area (Å²) in [6, 6.07) is 17.8. The van der Waals surface area contributed by atoms with Crippen LogP contribution in [-0.4, -0.2) is 40.4 Å². The first-order chi connectivity index (χ1) is 14.2. The van der Waals surface area contributed by atoms with Gasteiger partial charge in [-0.15, -0.1) is 0 Å². The van der Waals surface area contributed by atoms with Crippen molar-refractivity contribution in [3.63, 3.8) is 0 Å². The summed E-state index contributed by atoms with van der Waals surface area (Å²) in [5.74, 6) is 3.52. The molecule has 6 heteroatoms. The fourth-order valence-electron chi connectivity index (χ4n) is 3.42. The van der Waals surface area contributed by atoms with E-state index in [9.17, 15) is 4.79 Å². The number of anilines is 1. The van der Waals surface area contributed by atoms with E-state index in [1.165, 1.54) is 17.1 Å². The number of amides is 1. The molecule has 0 unspecified atom stereocenters. The average molecular weight is 408 g/mol. The monoisotopic (exact) mass is 407 g/mol. The van der Waals surface area contributed by atoms with Crippen LogP contribution in [0.25, 0.3) is 11.5 Å². The second-order valence-corrected chi connectivity index (χ2v) is 8.43. The van der Waals surface area contributed by atoms with Crippen LogP contribution in [0.1, 0.15) is 17.0 Å². The normalized spacial score (nSPS) is 14.7. The van der Waals surface area contributed by atoms with Crippen molar-refractivity contribution in [3.05, 3.63) is 71.6 Å². The molecule has 0 radical (unpaired) electrons. The van der Waals surface area contributed by atoms with Crippen molar-refractivity contribution < 1.29 is 9.21 Å². The molecule has 0 spiro atoms. The van der Waals surface area contributed by atoms with Crippen molar-refractivity contribution in [1.82, 2.24) is 9.88 Å². The Morgan fingerprint density at radius 1 is 1.14 bits per heavy atom. The Bertz CT molecular complexity index is 965. The number of nitrogens with one attached hydrogen (secondary N) is 1. The summed E-state index contributed by atoms with van der Waals surface area (Å²) in [5.41, 5.74) is 3.62. The quantitative estimate of drug-likeness (QED) is 0.657. The molecular weight excluding hydrogens is 382 g/mol. The maximum Gasteiger partial charge on any atom is 0.230 e. The molecule has 1 saturated heterocycles. The highest BCUT2D eigenvalue weighted by Crippen LogP contribution is 2.22. The summed E-state index contributed by atoms with van der Waals surface area (Å²) >= 11 is 2.01. The summed E-state index contributed by atoms with van der Waals surface area (Å²) in [6.07, 6.45) is 0.190. The number of nitrogens with zero attached hydrogens (tertiary/aromatic N) is 2. The molecule has 2 heterocycles. The van der Waals surface area contributed by atoms with Gasteiger partial charge in [-0.3, -0.25) is 9.69 Å². The van der Waals surface area contributed by atoms with E-state index in [0.29, 0.717) is 17.3 Å². The van der Waals surface area contributed by atoms with Crippen molar-refractivity contribution in [3.8, 4) is 11.5 Å². The first-order valence-electron chi connectivity index (χ1n) is 9.88. The standard InChI is InChI=1S/C23H25N3O2S/c1-17-21(25-23(28-17)19-7-3-2-4-8-19)15-22(27)24-20-9-5-6-18(14-20)16-26-10-12-29-13-11-26/h2-9,14H,10-13,15-16H2,1H3,(H,24,27). The van der Waals surface area contributed by atoms with Gasteiger partial charge in [0.1, 0.15) is 5.76 Å². The molecule has 29 heavy (non-hydrogen) atoms. The van der Waals surface area contributed by atoms with Gasteiger partial charge >= 0.3 is 0 Å². The highest BCUT2D eigenvalue weighted by molar-refractivity contribution is 7.99. The summed E-state index contributed by atoms with van der Waals surface area (Å²) in [6.45, 7) is 5.01. The molecule has 4 rings (SSSR count). The van der Waals surface area contributed by atoms with Gasteiger partial charge in [0.15, 0.2) is 0 Å². The molecule has 1 aliphatic rings. The topological polar surface area (TPSA) is 58.4 Å². The van der Waals surface area contributed by atoms with E-state index in [2.05, 4.69) is 27.3 Å². The molecule has 5 nitrogen and oxygen atoms in total. The lowest BCUT2D eigenvalue weighted by Crippen LogP contribution is -2.31. The average Bonchev–Trinajstić information content (AvgIpc) is 3.10. The van der Waals surface area contributed by atoms with Gasteiger partial charge in [0.25, 0.3) is 0 Å². The zero-order chi connectivity index (χ0) is 20.1. The summed E-state index contributed by atoms with van der Waals surface area (Å²) in [5, 5.41) is 3.00. The molecule has 0 bridgehead atoms. The van der Waals surface area contributed by atoms with Crippen LogP contribution >= 0.6 is 11.8 Å². The van der Waals surface area contributed by atoms with Crippen LogP contribution in [0.5, 0.6) is 0 Å². The summed E-state index contributed by atoms with van der Waals surface area (Å²) in [7, 11) is 0. The van der Waals surface area contributed by atoms with Crippen LogP contribution in [0.15, 0.2) is 59.0 Å². The molecule has 0 saturated carbocycles. The zero-order valence-electron chi connectivity index (χ0n) is 16.6. The Labute approximate surface area is 175 Å². The number of oxazole rings is 1. The van der Waals surface area contributed by atoms with E-state index in [-0.39, 0.29) is 12.3 Å². The van der Waals surface area contributed by atoms with E-state index in [4.69, 9.17) is 4.42 Å². The first kappa shape index (κ1) is 19.7. The predicted octanol–water partition coefficient (Wildman–Crippen LogP) is 4.38. The number of rotatable bonds is 6. The van der Waals surface area contributed by atoms with Gasteiger partial charge in [0.2, 0.25) is 11.8 Å². The molecule has 2 aromatic carbocycles. The third-order valence-corrected chi connectivity index (χ3v) is 5.90. The highest BCUT2D eigenvalue weighted by Gasteiger charge is 2.15. The molecule has 0 atom stereocenters. The van der Waals surface area contributed by atoms with Gasteiger partial charge in [-0.05, 0) is 36.8 Å². The van der Waals surface area contributed by atoms with Crippen LogP contribution in [0.2, 0.25) is 0 Å². The summed E-state index contributed by atoms with van der Waals surface area (Å²) < 4.78 is 5.76. The number of carbonyl (C=O) groups is 1. The van der Waals surface area contributed by atoms with Crippen molar-refractivity contribution >= 4 is 23.4 Å². The molecule has 1 aromatic heterocycles. The van der Waals surface area contributed by atoms with Gasteiger partial charge in [0, 0.05) is 42.4 Å². The van der Waals surface area contributed by atoms with E-state index in [1.54, 1.807) is 0 Å². The predicted molar refractivity (Wildman–Crippen MR) is 118 cm³/mol. The number of aryl methyl sites for hydroxylation is 1. The van der Waals surface area contributed by atoms with Gasteiger partial charge < -0.3 is 9.73 Å². The minimum atomic E-state index is -0.0902. The summed E-state index contributed by atoms with van der Waals surface area (Å²) in [4.78, 5) is 19.6. The van der Waals surface area contributed by atoms with Crippen molar-refractivity contribution in [2.24, 2.45) is 0 Å². The number of carbonyl (C=O) groups excluding carboxylic acids is 1. The van der Waals surface area contributed by atoms with E-state index in [0.717, 1.165) is 30.9 Å². The van der Waals surface area contributed by atoms with Crippen LogP contribution in [-0.2, 0) is 17.8 Å². The molecule has 1 fully saturated rings. The fraction of sp³-hybridized carbons (Fsp3) is 0.304. The molecule has 0 aliphatic carbocycles. The Morgan fingerprint density at radius 2 is 1.93 bits per heavy atom. The van der Waals surface area contributed by atoms with E-state index < -0.39 is 0 Å². The molecular formula is C23H25N3O2S. The van der Waals surface area contributed by atoms with E-state index in [1.807, 2.05) is 61.2 Å². The SMILES string of the molecule is Cc1oc(-c2ccccc2)nc1CC(=O)Nc1cccc(CN2CCSCC2)c1. The minimum absolute atomic E-state index is 0.0902. The van der Waals surface area contributed by atoms with Crippen molar-refractivity contribution in [2.75, 3.05) is 29.9 Å². The zero-order valence-corrected chi connectivity index (χ0v) is 17.4. The number of benzene rings is 2. The van der Waals surface area contributed by atoms with Crippen LogP contribution in [0.4, 0.5) is 5.69 Å². The van der Waals surface area contributed by atoms with Crippen molar-refractivity contribution in [2.45, 2.75) is 19.9 Å². The lowest BCUT2D eigenvalue weighted by molar-refractivity contribution is -0.115. The molecule has 150 valence electrons. The maximum atomic E-state index is 12.6. The molecule has 1 aliphatic heterocycles. The minimum Gasteiger partial charge on any atom is -0.441 e. The van der Waals surface area contributed by atoms with Gasteiger partial charge in [0.05, 0.1) is 12.1 Å². The number of hydrogen-bond donors (Lipinski definition) is 1. The number of aromatic nitrogens is 1. The fourth-order valence-corrected chi connectivity index (χ4v) is 4.40. The Balaban J connectivity index is 1.38. The highest BCUT2D eigenvalue weighted by atomic mass is 32.2. The molecule has 3 aromatic rings. The third-order valence-electron chi connectivity index (χ3n) is 4.96. The lowest BCUT2D eigenvalue weighted by atomic mass is 10.1. The van der Waals surface area contributed by atoms with Gasteiger partial charge in [-0.1, -0.05) is 30.3 Å². The van der Waals surface area contributed by atoms with Gasteiger partial charge in [-0.25, -0.2) is 4.98 Å². The van der Waals surface area contributed by atoms with Gasteiger partial charge in [-0.2, -0.15) is 11.8 Å². The van der Waals surface area contributed by atoms with Crippen molar-refractivity contribution in [1.29, 1.82) is 0 Å². The Kier molecular flexibility index (Phi) is 6.32. The third kappa shape index (κ3) is 5.28. The van der Waals surface area contributed by atoms with Crippen LogP contribution < -0.4 is 5.32 Å². The maximum absolute atomic E-state index is 12.6. The van der Waals surface area contributed by atoms with Crippen LogP contribution in [0, 0.1) is 6.92 Å². The Morgan fingerprint density at radius 3 is 2.72 bits per heavy atom. The largest absolute Gasteiger partial charge is 0.441 e. The Hall–Kier alpha value is -2.57. The number of thioether (sulfide) groups is 1. The van der Waals surface area contributed by atoms with E-state index >= 15 is 0 Å². The lowest BCUT2D eigenvalue weighted by Gasteiger charge is -2.26. The second-order valence-electron chi connectivity index (χ2n) is 7.20. The smallest absolute Gasteiger partial charge is 0.230 e. The van der Waals surface area contributed by atoms with Crippen LogP contribution in [0.3, 0.4) is 0 Å². The first-order valence-corrected chi connectivity index (χ1v) is 11.0. The molecule has 1 amide bonds.